The molecule has 2 aromatic carbocycles. The summed E-state index contributed by atoms with van der Waals surface area (Å²) in [5, 5.41) is 13.9. The minimum absolute atomic E-state index is 0.00849. The molecule has 2 fully saturated rings. The van der Waals surface area contributed by atoms with E-state index in [1.165, 1.54) is 5.56 Å². The highest BCUT2D eigenvalue weighted by Crippen LogP contribution is 2.30. The van der Waals surface area contributed by atoms with Gasteiger partial charge in [-0.15, -0.1) is 0 Å². The van der Waals surface area contributed by atoms with E-state index >= 15 is 0 Å². The van der Waals surface area contributed by atoms with Gasteiger partial charge in [0.2, 0.25) is 5.88 Å². The van der Waals surface area contributed by atoms with Gasteiger partial charge in [0.05, 0.1) is 6.20 Å². The van der Waals surface area contributed by atoms with Gasteiger partial charge in [-0.2, -0.15) is 5.10 Å². The van der Waals surface area contributed by atoms with E-state index in [1.54, 1.807) is 23.9 Å². The monoisotopic (exact) mass is 681 g/mol. The summed E-state index contributed by atoms with van der Waals surface area (Å²) < 4.78 is 22.2. The van der Waals surface area contributed by atoms with Crippen molar-refractivity contribution < 1.29 is 18.7 Å². The van der Waals surface area contributed by atoms with E-state index < -0.39 is 11.7 Å². The summed E-state index contributed by atoms with van der Waals surface area (Å²) >= 11 is 0. The van der Waals surface area contributed by atoms with E-state index in [1.807, 2.05) is 25.1 Å². The lowest BCUT2D eigenvalue weighted by Gasteiger charge is -2.36. The molecule has 2 amide bonds. The Balaban J connectivity index is 1.04. The molecule has 0 bridgehead atoms. The van der Waals surface area contributed by atoms with Crippen molar-refractivity contribution in [2.45, 2.75) is 83.5 Å². The maximum atomic E-state index is 14.4. The summed E-state index contributed by atoms with van der Waals surface area (Å²) in [6.07, 6.45) is 5.90. The van der Waals surface area contributed by atoms with E-state index in [4.69, 9.17) is 4.74 Å². The molecule has 3 heterocycles. The minimum atomic E-state index is -0.620. The van der Waals surface area contributed by atoms with Crippen LogP contribution in [0.3, 0.4) is 0 Å². The number of carbonyl (C=O) groups excluding carboxylic acids is 2. The summed E-state index contributed by atoms with van der Waals surface area (Å²) in [6.45, 7) is 9.63. The van der Waals surface area contributed by atoms with Gasteiger partial charge >= 0.3 is 0 Å². The first kappa shape index (κ1) is 35.2. The Morgan fingerprint density at radius 3 is 2.26 bits per heavy atom. The third-order valence-corrected chi connectivity index (χ3v) is 9.69. The average molecular weight is 682 g/mol. The molecular formula is C39H48FN7O3. The number of aromatic nitrogens is 3. The molecular weight excluding hydrogens is 633 g/mol. The molecule has 0 spiro atoms. The first-order valence-electron chi connectivity index (χ1n) is 17.7. The highest BCUT2D eigenvalue weighted by atomic mass is 19.1. The molecule has 6 rings (SSSR count). The number of halogens is 1. The van der Waals surface area contributed by atoms with Crippen molar-refractivity contribution in [3.05, 3.63) is 95.2 Å². The summed E-state index contributed by atoms with van der Waals surface area (Å²) in [5.41, 5.74) is 4.67. The lowest BCUT2D eigenvalue weighted by Crippen LogP contribution is -2.54. The van der Waals surface area contributed by atoms with Gasteiger partial charge in [-0.05, 0) is 107 Å². The molecule has 0 radical (unpaired) electrons. The van der Waals surface area contributed by atoms with E-state index in [-0.39, 0.29) is 29.4 Å². The molecule has 2 aliphatic rings. The Kier molecular flexibility index (Phi) is 11.2. The number of rotatable bonds is 11. The van der Waals surface area contributed by atoms with E-state index in [0.29, 0.717) is 49.2 Å². The first-order chi connectivity index (χ1) is 24.1. The number of nitrogens with one attached hydrogen (secondary N) is 3. The fraction of sp³-hybridized carbons (Fsp3) is 0.436. The first-order valence-corrected chi connectivity index (χ1v) is 17.7. The number of benzene rings is 2. The zero-order valence-electron chi connectivity index (χ0n) is 29.4. The Labute approximate surface area is 293 Å². The fourth-order valence-corrected chi connectivity index (χ4v) is 7.13. The zero-order chi connectivity index (χ0) is 35.2. The molecule has 1 saturated heterocycles. The van der Waals surface area contributed by atoms with Gasteiger partial charge in [-0.1, -0.05) is 36.4 Å². The van der Waals surface area contributed by atoms with Crippen molar-refractivity contribution in [3.63, 3.8) is 0 Å². The van der Waals surface area contributed by atoms with Crippen molar-refractivity contribution >= 4 is 11.8 Å². The number of hydrogen-bond acceptors (Lipinski definition) is 7. The van der Waals surface area contributed by atoms with Crippen LogP contribution in [0, 0.1) is 12.7 Å². The third-order valence-electron chi connectivity index (χ3n) is 9.69. The minimum Gasteiger partial charge on any atom is -0.438 e. The second-order valence-corrected chi connectivity index (χ2v) is 14.0. The zero-order valence-corrected chi connectivity index (χ0v) is 29.4. The van der Waals surface area contributed by atoms with Crippen LogP contribution >= 0.6 is 0 Å². The van der Waals surface area contributed by atoms with Crippen LogP contribution in [0.1, 0.15) is 78.1 Å². The Hall–Kier alpha value is -4.61. The number of aryl methyl sites for hydroxylation is 3. The molecule has 1 aliphatic heterocycles. The van der Waals surface area contributed by atoms with Crippen molar-refractivity contribution in [1.29, 1.82) is 0 Å². The quantitative estimate of drug-likeness (QED) is 0.183. The summed E-state index contributed by atoms with van der Waals surface area (Å²) in [6, 6.07) is 20.0. The summed E-state index contributed by atoms with van der Waals surface area (Å²) in [5.74, 6) is -0.723. The molecule has 11 heteroatoms. The average Bonchev–Trinajstić information content (AvgIpc) is 3.44. The van der Waals surface area contributed by atoms with Crippen LogP contribution in [0.15, 0.2) is 66.9 Å². The standard InChI is InChI=1S/C39H48FN7O3/c1-25-23-47(24-26(2)42-25)17-7-9-28-8-5-10-29(19-28)30-11-6-12-34(20-30)50-39-35(21-31(40)22-41-39)37(48)43-32-13-15-33(16-14-32)44-38(49)36-18-27(3)46(4)45-36/h5-6,8,10-12,18-22,25-26,32-33,42H,7,9,13-17,23-24H2,1-4H3,(H,43,48)(H,44,49)/t25-,26+,32-,33+. The molecule has 3 N–H and O–H groups in total. The van der Waals surface area contributed by atoms with Crippen LogP contribution in [0.5, 0.6) is 11.6 Å². The van der Waals surface area contributed by atoms with Gasteiger partial charge in [0.25, 0.3) is 11.8 Å². The number of carbonyl (C=O) groups is 2. The Morgan fingerprint density at radius 2 is 1.58 bits per heavy atom. The SMILES string of the molecule is Cc1cc(C(=O)N[C@H]2CC[C@@H](NC(=O)c3cc(F)cnc3Oc3cccc(-c4cccc(CCCN5C[C@@H](C)N[C@@H](C)C5)c4)c3)CC2)nn1C. The number of ether oxygens (including phenoxy) is 1. The van der Waals surface area contributed by atoms with Crippen molar-refractivity contribution in [1.82, 2.24) is 35.6 Å². The molecule has 50 heavy (non-hydrogen) atoms. The van der Waals surface area contributed by atoms with Gasteiger partial charge in [0.1, 0.15) is 22.8 Å². The highest BCUT2D eigenvalue weighted by Gasteiger charge is 2.27. The smallest absolute Gasteiger partial charge is 0.272 e. The topological polar surface area (TPSA) is 113 Å². The fourth-order valence-electron chi connectivity index (χ4n) is 7.13. The van der Waals surface area contributed by atoms with E-state index in [0.717, 1.165) is 61.6 Å². The summed E-state index contributed by atoms with van der Waals surface area (Å²) in [4.78, 5) is 32.8. The predicted octanol–water partition coefficient (Wildman–Crippen LogP) is 5.81. The number of amides is 2. The van der Waals surface area contributed by atoms with Crippen LogP contribution < -0.4 is 20.7 Å². The molecule has 0 unspecified atom stereocenters. The maximum Gasteiger partial charge on any atom is 0.272 e. The Morgan fingerprint density at radius 1 is 0.920 bits per heavy atom. The van der Waals surface area contributed by atoms with Crippen molar-refractivity contribution in [3.8, 4) is 22.8 Å². The third kappa shape index (κ3) is 9.13. The molecule has 2 atom stereocenters. The normalized spacial score (nSPS) is 21.1. The number of piperazine rings is 1. The lowest BCUT2D eigenvalue weighted by atomic mass is 9.91. The second-order valence-electron chi connectivity index (χ2n) is 14.0. The molecule has 10 nitrogen and oxygen atoms in total. The predicted molar refractivity (Wildman–Crippen MR) is 192 cm³/mol. The summed E-state index contributed by atoms with van der Waals surface area (Å²) in [7, 11) is 1.80. The molecule has 2 aromatic heterocycles. The molecule has 264 valence electrons. The largest absolute Gasteiger partial charge is 0.438 e. The van der Waals surface area contributed by atoms with Gasteiger partial charge < -0.3 is 25.6 Å². The van der Waals surface area contributed by atoms with Crippen molar-refractivity contribution in [2.24, 2.45) is 7.05 Å². The van der Waals surface area contributed by atoms with Gasteiger partial charge in [0.15, 0.2) is 0 Å². The maximum absolute atomic E-state index is 14.4. The lowest BCUT2D eigenvalue weighted by molar-refractivity contribution is 0.0887. The van der Waals surface area contributed by atoms with Gasteiger partial charge in [-0.25, -0.2) is 9.37 Å². The van der Waals surface area contributed by atoms with E-state index in [2.05, 4.69) is 69.0 Å². The number of hydrogen-bond donors (Lipinski definition) is 3. The molecule has 1 aliphatic carbocycles. The van der Waals surface area contributed by atoms with E-state index in [9.17, 15) is 14.0 Å². The van der Waals surface area contributed by atoms with Gasteiger partial charge in [-0.3, -0.25) is 14.3 Å². The van der Waals surface area contributed by atoms with Gasteiger partial charge in [0, 0.05) is 50.0 Å². The molecule has 4 aromatic rings. The van der Waals surface area contributed by atoms with Crippen LogP contribution in [-0.4, -0.2) is 75.3 Å². The van der Waals surface area contributed by atoms with Crippen LogP contribution in [0.4, 0.5) is 4.39 Å². The number of pyridine rings is 1. The second kappa shape index (κ2) is 15.9. The van der Waals surface area contributed by atoms with Crippen molar-refractivity contribution in [2.75, 3.05) is 19.6 Å². The Bertz CT molecular complexity index is 1770. The highest BCUT2D eigenvalue weighted by molar-refractivity contribution is 5.96. The van der Waals surface area contributed by atoms with Crippen LogP contribution in [0.2, 0.25) is 0 Å². The van der Waals surface area contributed by atoms with Crippen LogP contribution in [-0.2, 0) is 13.5 Å². The van der Waals surface area contributed by atoms with Crippen LogP contribution in [0.25, 0.3) is 11.1 Å². The molecule has 1 saturated carbocycles. The number of nitrogens with zero attached hydrogens (tertiary/aromatic N) is 4.